The van der Waals surface area contributed by atoms with Gasteiger partial charge in [0.2, 0.25) is 5.69 Å². The first-order valence-corrected chi connectivity index (χ1v) is 6.31. The van der Waals surface area contributed by atoms with E-state index in [0.717, 1.165) is 0 Å². The lowest BCUT2D eigenvalue weighted by atomic mass is 9.85. The van der Waals surface area contributed by atoms with Gasteiger partial charge in [0.15, 0.2) is 5.82 Å². The van der Waals surface area contributed by atoms with Crippen molar-refractivity contribution in [3.05, 3.63) is 18.1 Å². The molecule has 0 amide bonds. The number of nitrogens with zero attached hydrogens (tertiary/aromatic N) is 5. The highest BCUT2D eigenvalue weighted by Gasteiger charge is 2.26. The van der Waals surface area contributed by atoms with E-state index in [1.807, 2.05) is 7.05 Å². The van der Waals surface area contributed by atoms with Gasteiger partial charge < -0.3 is 9.67 Å². The minimum atomic E-state index is -1.07. The van der Waals surface area contributed by atoms with Crippen LogP contribution in [0.3, 0.4) is 0 Å². The Balaban J connectivity index is 2.04. The van der Waals surface area contributed by atoms with Crippen LogP contribution in [0.2, 0.25) is 0 Å². The molecule has 0 saturated heterocycles. The highest BCUT2D eigenvalue weighted by Crippen LogP contribution is 2.30. The molecule has 1 aliphatic carbocycles. The monoisotopic (exact) mass is 261 g/mol. The number of aromatic carboxylic acids is 1. The molecule has 2 aromatic heterocycles. The zero-order valence-electron chi connectivity index (χ0n) is 10.7. The summed E-state index contributed by atoms with van der Waals surface area (Å²) >= 11 is 0. The fourth-order valence-electron chi connectivity index (χ4n) is 2.32. The first-order chi connectivity index (χ1) is 9.16. The van der Waals surface area contributed by atoms with E-state index < -0.39 is 5.97 Å². The van der Waals surface area contributed by atoms with Crippen molar-refractivity contribution < 1.29 is 9.90 Å². The molecular formula is C12H15N5O2. The largest absolute Gasteiger partial charge is 0.476 e. The van der Waals surface area contributed by atoms with Crippen molar-refractivity contribution in [3.8, 4) is 11.5 Å². The average molecular weight is 261 g/mol. The summed E-state index contributed by atoms with van der Waals surface area (Å²) in [5.74, 6) is 0.0851. The molecule has 7 nitrogen and oxygen atoms in total. The minimum Gasteiger partial charge on any atom is -0.476 e. The van der Waals surface area contributed by atoms with Gasteiger partial charge in [-0.1, -0.05) is 11.6 Å². The Morgan fingerprint density at radius 1 is 1.53 bits per heavy atom. The second-order valence-corrected chi connectivity index (χ2v) is 4.93. The Hall–Kier alpha value is -2.18. The molecule has 7 heteroatoms. The van der Waals surface area contributed by atoms with Crippen molar-refractivity contribution in [2.24, 2.45) is 13.0 Å². The normalized spacial score (nSPS) is 15.4. The van der Waals surface area contributed by atoms with Crippen molar-refractivity contribution in [2.75, 3.05) is 0 Å². The smallest absolute Gasteiger partial charge is 0.358 e. The Kier molecular flexibility index (Phi) is 2.81. The highest BCUT2D eigenvalue weighted by molar-refractivity contribution is 5.91. The summed E-state index contributed by atoms with van der Waals surface area (Å²) in [4.78, 5) is 15.5. The molecule has 3 rings (SSSR count). The number of rotatable bonds is 4. The quantitative estimate of drug-likeness (QED) is 0.893. The number of hydrogen-bond donors (Lipinski definition) is 1. The second-order valence-electron chi connectivity index (χ2n) is 4.93. The Morgan fingerprint density at radius 3 is 2.84 bits per heavy atom. The van der Waals surface area contributed by atoms with E-state index >= 15 is 0 Å². The van der Waals surface area contributed by atoms with E-state index in [4.69, 9.17) is 0 Å². The molecule has 0 atom stereocenters. The third-order valence-corrected chi connectivity index (χ3v) is 3.63. The van der Waals surface area contributed by atoms with Crippen molar-refractivity contribution in [1.29, 1.82) is 0 Å². The van der Waals surface area contributed by atoms with Crippen LogP contribution >= 0.6 is 0 Å². The number of imidazole rings is 1. The first-order valence-electron chi connectivity index (χ1n) is 6.31. The molecule has 1 fully saturated rings. The van der Waals surface area contributed by atoms with Crippen molar-refractivity contribution in [1.82, 2.24) is 24.5 Å². The van der Waals surface area contributed by atoms with Gasteiger partial charge in [-0.15, -0.1) is 5.10 Å². The van der Waals surface area contributed by atoms with Crippen LogP contribution in [0.4, 0.5) is 0 Å². The van der Waals surface area contributed by atoms with E-state index in [0.29, 0.717) is 24.0 Å². The predicted molar refractivity (Wildman–Crippen MR) is 66.5 cm³/mol. The summed E-state index contributed by atoms with van der Waals surface area (Å²) in [7, 11) is 1.83. The Labute approximate surface area is 109 Å². The third-order valence-electron chi connectivity index (χ3n) is 3.63. The van der Waals surface area contributed by atoms with Crippen molar-refractivity contribution in [2.45, 2.75) is 25.8 Å². The molecule has 1 saturated carbocycles. The lowest BCUT2D eigenvalue weighted by molar-refractivity contribution is 0.0691. The number of hydrogen-bond acceptors (Lipinski definition) is 4. The molecule has 2 aromatic rings. The molecule has 0 aliphatic heterocycles. The molecule has 2 heterocycles. The van der Waals surface area contributed by atoms with Crippen LogP contribution in [0, 0.1) is 5.92 Å². The molecule has 0 unspecified atom stereocenters. The van der Waals surface area contributed by atoms with Crippen LogP contribution in [-0.4, -0.2) is 35.6 Å². The van der Waals surface area contributed by atoms with Gasteiger partial charge in [0.05, 0.1) is 0 Å². The van der Waals surface area contributed by atoms with Crippen LogP contribution in [0.25, 0.3) is 11.5 Å². The van der Waals surface area contributed by atoms with Gasteiger partial charge in [0.1, 0.15) is 5.69 Å². The molecule has 19 heavy (non-hydrogen) atoms. The first kappa shape index (κ1) is 11.9. The minimum absolute atomic E-state index is 0.0337. The molecule has 1 N–H and O–H groups in total. The average Bonchev–Trinajstić information content (AvgIpc) is 2.89. The SMILES string of the molecule is Cn1ccnc1-c1c(C(=O)O)nnn1CC1CCC1. The van der Waals surface area contributed by atoms with Crippen LogP contribution < -0.4 is 0 Å². The number of carboxylic acid groups (broad SMARTS) is 1. The number of carbonyl (C=O) groups is 1. The number of carboxylic acids is 1. The van der Waals surface area contributed by atoms with Gasteiger partial charge in [-0.2, -0.15) is 0 Å². The second kappa shape index (κ2) is 4.49. The van der Waals surface area contributed by atoms with E-state index in [2.05, 4.69) is 15.3 Å². The molecule has 0 bridgehead atoms. The fraction of sp³-hybridized carbons (Fsp3) is 0.500. The maximum absolute atomic E-state index is 11.3. The number of aryl methyl sites for hydroxylation is 1. The van der Waals surface area contributed by atoms with E-state index in [1.54, 1.807) is 21.6 Å². The van der Waals surface area contributed by atoms with E-state index in [-0.39, 0.29) is 5.69 Å². The van der Waals surface area contributed by atoms with Crippen LogP contribution in [-0.2, 0) is 13.6 Å². The highest BCUT2D eigenvalue weighted by atomic mass is 16.4. The topological polar surface area (TPSA) is 85.8 Å². The molecule has 100 valence electrons. The maximum Gasteiger partial charge on any atom is 0.358 e. The number of aromatic nitrogens is 5. The molecule has 0 radical (unpaired) electrons. The Bertz CT molecular complexity index is 611. The Morgan fingerprint density at radius 2 is 2.32 bits per heavy atom. The van der Waals surface area contributed by atoms with E-state index in [9.17, 15) is 9.90 Å². The van der Waals surface area contributed by atoms with Gasteiger partial charge in [-0.3, -0.25) is 0 Å². The molecule has 1 aliphatic rings. The fourth-order valence-corrected chi connectivity index (χ4v) is 2.32. The standard InChI is InChI=1S/C12H15N5O2/c1-16-6-5-13-11(16)10-9(12(18)19)14-15-17(10)7-8-3-2-4-8/h5-6,8H,2-4,7H2,1H3,(H,18,19). The van der Waals surface area contributed by atoms with Crippen LogP contribution in [0.5, 0.6) is 0 Å². The summed E-state index contributed by atoms with van der Waals surface area (Å²) in [6, 6.07) is 0. The van der Waals surface area contributed by atoms with E-state index in [1.165, 1.54) is 19.3 Å². The van der Waals surface area contributed by atoms with Gasteiger partial charge in [-0.05, 0) is 18.8 Å². The lowest BCUT2D eigenvalue weighted by Gasteiger charge is -2.25. The summed E-state index contributed by atoms with van der Waals surface area (Å²) in [5.41, 5.74) is 0.459. The predicted octanol–water partition coefficient (Wildman–Crippen LogP) is 1.18. The zero-order chi connectivity index (χ0) is 13.4. The van der Waals surface area contributed by atoms with Crippen molar-refractivity contribution >= 4 is 5.97 Å². The molecule has 0 aromatic carbocycles. The van der Waals surface area contributed by atoms with Crippen LogP contribution in [0.15, 0.2) is 12.4 Å². The molecular weight excluding hydrogens is 246 g/mol. The molecule has 0 spiro atoms. The third kappa shape index (κ3) is 2.00. The summed E-state index contributed by atoms with van der Waals surface area (Å²) < 4.78 is 3.46. The summed E-state index contributed by atoms with van der Waals surface area (Å²) in [5, 5.41) is 17.0. The van der Waals surface area contributed by atoms with Gasteiger partial charge in [0, 0.05) is 26.0 Å². The van der Waals surface area contributed by atoms with Gasteiger partial charge in [0.25, 0.3) is 0 Å². The summed E-state index contributed by atoms with van der Waals surface area (Å²) in [6.45, 7) is 0.711. The van der Waals surface area contributed by atoms with Gasteiger partial charge in [-0.25, -0.2) is 14.5 Å². The maximum atomic E-state index is 11.3. The van der Waals surface area contributed by atoms with Crippen molar-refractivity contribution in [3.63, 3.8) is 0 Å². The zero-order valence-corrected chi connectivity index (χ0v) is 10.7. The summed E-state index contributed by atoms with van der Waals surface area (Å²) in [6.07, 6.45) is 7.00. The van der Waals surface area contributed by atoms with Crippen LogP contribution in [0.1, 0.15) is 29.8 Å². The lowest BCUT2D eigenvalue weighted by Crippen LogP contribution is -2.20. The van der Waals surface area contributed by atoms with Gasteiger partial charge >= 0.3 is 5.97 Å².